The summed E-state index contributed by atoms with van der Waals surface area (Å²) in [6.07, 6.45) is 2.96. The number of carbonyl (C=O) groups is 1. The topological polar surface area (TPSA) is 29.1 Å². The third-order valence-corrected chi connectivity index (χ3v) is 3.39. The smallest absolute Gasteiger partial charge is 0.248 e. The van der Waals surface area contributed by atoms with Crippen molar-refractivity contribution in [3.63, 3.8) is 0 Å². The molecule has 0 aliphatic rings. The minimum Gasteiger partial charge on any atom is -0.320 e. The van der Waals surface area contributed by atoms with Gasteiger partial charge in [-0.15, -0.1) is 0 Å². The van der Waals surface area contributed by atoms with Crippen LogP contribution in [0.2, 0.25) is 0 Å². The molecule has 0 fully saturated rings. The fourth-order valence-corrected chi connectivity index (χ4v) is 2.03. The van der Waals surface area contributed by atoms with Crippen molar-refractivity contribution in [3.05, 3.63) is 71.3 Å². The van der Waals surface area contributed by atoms with E-state index in [1.165, 1.54) is 17.7 Å². The van der Waals surface area contributed by atoms with E-state index in [1.807, 2.05) is 24.3 Å². The summed E-state index contributed by atoms with van der Waals surface area (Å²) in [5.74, 6) is -1.97. The van der Waals surface area contributed by atoms with Gasteiger partial charge in [0.2, 0.25) is 5.91 Å². The van der Waals surface area contributed by atoms with Gasteiger partial charge in [0, 0.05) is 12.1 Å². The molecule has 0 aliphatic carbocycles. The third-order valence-electron chi connectivity index (χ3n) is 3.39. The molecule has 1 amide bonds. The van der Waals surface area contributed by atoms with Gasteiger partial charge in [-0.3, -0.25) is 4.79 Å². The van der Waals surface area contributed by atoms with Crippen LogP contribution in [0.3, 0.4) is 0 Å². The maximum Gasteiger partial charge on any atom is 0.248 e. The van der Waals surface area contributed by atoms with Crippen LogP contribution >= 0.6 is 0 Å². The number of hydrogen-bond donors (Lipinski definition) is 1. The van der Waals surface area contributed by atoms with Gasteiger partial charge >= 0.3 is 0 Å². The lowest BCUT2D eigenvalue weighted by Crippen LogP contribution is -2.10. The average Bonchev–Trinajstić information content (AvgIpc) is 2.47. The summed E-state index contributed by atoms with van der Waals surface area (Å²) >= 11 is 0. The van der Waals surface area contributed by atoms with Crippen molar-refractivity contribution in [1.29, 1.82) is 0 Å². The van der Waals surface area contributed by atoms with E-state index in [2.05, 4.69) is 26.1 Å². The number of amides is 1. The molecule has 2 aromatic rings. The first-order valence-corrected chi connectivity index (χ1v) is 7.30. The Hall–Kier alpha value is -2.49. The van der Waals surface area contributed by atoms with E-state index in [-0.39, 0.29) is 11.1 Å². The third kappa shape index (κ3) is 4.74. The highest BCUT2D eigenvalue weighted by Gasteiger charge is 2.12. The Morgan fingerprint density at radius 1 is 1.04 bits per heavy atom. The van der Waals surface area contributed by atoms with Crippen LogP contribution in [0.5, 0.6) is 0 Å². The molecule has 2 aromatic carbocycles. The minimum absolute atomic E-state index is 0.0517. The number of nitrogens with one attached hydrogen (secondary N) is 1. The molecule has 0 atom stereocenters. The van der Waals surface area contributed by atoms with Crippen molar-refractivity contribution in [2.45, 2.75) is 26.2 Å². The molecule has 0 aliphatic heterocycles. The van der Waals surface area contributed by atoms with Crippen molar-refractivity contribution in [1.82, 2.24) is 0 Å². The standard InChI is InChI=1S/C19H19F2NO/c1-19(2,3)14-7-4-13(5-8-14)6-11-18(23)22-17-10-9-15(20)12-16(17)21/h4-12H,1-3H3,(H,22,23)/b11-6+. The van der Waals surface area contributed by atoms with Gasteiger partial charge in [-0.05, 0) is 34.8 Å². The minimum atomic E-state index is -0.804. The lowest BCUT2D eigenvalue weighted by Gasteiger charge is -2.18. The summed E-state index contributed by atoms with van der Waals surface area (Å²) in [6.45, 7) is 6.38. The SMILES string of the molecule is CC(C)(C)c1ccc(/C=C/C(=O)Nc2ccc(F)cc2F)cc1. The number of carbonyl (C=O) groups excluding carboxylic acids is 1. The van der Waals surface area contributed by atoms with Gasteiger partial charge < -0.3 is 5.32 Å². The Kier molecular flexibility index (Phi) is 4.94. The number of rotatable bonds is 3. The molecule has 0 saturated heterocycles. The van der Waals surface area contributed by atoms with E-state index in [1.54, 1.807) is 6.08 Å². The summed E-state index contributed by atoms with van der Waals surface area (Å²) in [7, 11) is 0. The summed E-state index contributed by atoms with van der Waals surface area (Å²) in [4.78, 5) is 11.8. The first kappa shape index (κ1) is 16.9. The van der Waals surface area contributed by atoms with E-state index in [0.29, 0.717) is 0 Å². The van der Waals surface area contributed by atoms with E-state index in [9.17, 15) is 13.6 Å². The maximum atomic E-state index is 13.5. The molecule has 0 aromatic heterocycles. The van der Waals surface area contributed by atoms with E-state index < -0.39 is 17.5 Å². The zero-order valence-electron chi connectivity index (χ0n) is 13.4. The molecule has 0 radical (unpaired) electrons. The molecule has 0 spiro atoms. The lowest BCUT2D eigenvalue weighted by atomic mass is 9.87. The second-order valence-electron chi connectivity index (χ2n) is 6.32. The molecule has 0 heterocycles. The Morgan fingerprint density at radius 2 is 1.70 bits per heavy atom. The van der Waals surface area contributed by atoms with Crippen LogP contribution in [0.1, 0.15) is 31.9 Å². The highest BCUT2D eigenvalue weighted by Crippen LogP contribution is 2.22. The van der Waals surface area contributed by atoms with Gasteiger partial charge in [0.15, 0.2) is 0 Å². The van der Waals surface area contributed by atoms with Crippen LogP contribution in [0.25, 0.3) is 6.08 Å². The Morgan fingerprint density at radius 3 is 2.26 bits per heavy atom. The fourth-order valence-electron chi connectivity index (χ4n) is 2.03. The van der Waals surface area contributed by atoms with E-state index in [0.717, 1.165) is 17.7 Å². The van der Waals surface area contributed by atoms with Crippen LogP contribution in [0.15, 0.2) is 48.5 Å². The maximum absolute atomic E-state index is 13.5. The van der Waals surface area contributed by atoms with Crippen LogP contribution in [-0.4, -0.2) is 5.91 Å². The van der Waals surface area contributed by atoms with Crippen molar-refractivity contribution in [2.24, 2.45) is 0 Å². The van der Waals surface area contributed by atoms with Crippen molar-refractivity contribution in [2.75, 3.05) is 5.32 Å². The first-order chi connectivity index (χ1) is 10.8. The molecule has 4 heteroatoms. The van der Waals surface area contributed by atoms with Crippen molar-refractivity contribution < 1.29 is 13.6 Å². The first-order valence-electron chi connectivity index (χ1n) is 7.30. The van der Waals surface area contributed by atoms with Crippen LogP contribution in [-0.2, 0) is 10.2 Å². The van der Waals surface area contributed by atoms with Crippen LogP contribution in [0.4, 0.5) is 14.5 Å². The molecule has 0 unspecified atom stereocenters. The predicted molar refractivity (Wildman–Crippen MR) is 89.2 cm³/mol. The van der Waals surface area contributed by atoms with Gasteiger partial charge in [-0.1, -0.05) is 45.0 Å². The molecule has 23 heavy (non-hydrogen) atoms. The number of hydrogen-bond acceptors (Lipinski definition) is 1. The molecule has 120 valence electrons. The zero-order chi connectivity index (χ0) is 17.0. The number of benzene rings is 2. The Labute approximate surface area is 134 Å². The van der Waals surface area contributed by atoms with E-state index >= 15 is 0 Å². The van der Waals surface area contributed by atoms with Gasteiger partial charge in [0.05, 0.1) is 5.69 Å². The number of anilines is 1. The number of halogens is 2. The molecule has 0 bridgehead atoms. The summed E-state index contributed by atoms with van der Waals surface area (Å²) in [5.41, 5.74) is 2.09. The molecule has 1 N–H and O–H groups in total. The molecular weight excluding hydrogens is 296 g/mol. The van der Waals surface area contributed by atoms with Gasteiger partial charge in [0.1, 0.15) is 11.6 Å². The van der Waals surface area contributed by atoms with E-state index in [4.69, 9.17) is 0 Å². The summed E-state index contributed by atoms with van der Waals surface area (Å²) in [6, 6.07) is 10.9. The van der Waals surface area contributed by atoms with Gasteiger partial charge in [-0.25, -0.2) is 8.78 Å². The Bertz CT molecular complexity index is 728. The largest absolute Gasteiger partial charge is 0.320 e. The normalized spacial score (nSPS) is 11.7. The van der Waals surface area contributed by atoms with Gasteiger partial charge in [0.25, 0.3) is 0 Å². The van der Waals surface area contributed by atoms with Crippen molar-refractivity contribution in [3.8, 4) is 0 Å². The second-order valence-corrected chi connectivity index (χ2v) is 6.32. The lowest BCUT2D eigenvalue weighted by molar-refractivity contribution is -0.111. The monoisotopic (exact) mass is 315 g/mol. The van der Waals surface area contributed by atoms with Crippen LogP contribution in [0, 0.1) is 11.6 Å². The summed E-state index contributed by atoms with van der Waals surface area (Å²) in [5, 5.41) is 2.38. The predicted octanol–water partition coefficient (Wildman–Crippen LogP) is 4.91. The van der Waals surface area contributed by atoms with Crippen LogP contribution < -0.4 is 5.32 Å². The highest BCUT2D eigenvalue weighted by atomic mass is 19.1. The zero-order valence-corrected chi connectivity index (χ0v) is 13.4. The summed E-state index contributed by atoms with van der Waals surface area (Å²) < 4.78 is 26.3. The fraction of sp³-hybridized carbons (Fsp3) is 0.211. The second kappa shape index (κ2) is 6.73. The highest BCUT2D eigenvalue weighted by molar-refractivity contribution is 6.01. The molecule has 0 saturated carbocycles. The molecule has 2 nitrogen and oxygen atoms in total. The quantitative estimate of drug-likeness (QED) is 0.801. The average molecular weight is 315 g/mol. The molecular formula is C19H19F2NO. The van der Waals surface area contributed by atoms with Gasteiger partial charge in [-0.2, -0.15) is 0 Å². The Balaban J connectivity index is 2.03. The van der Waals surface area contributed by atoms with Crippen molar-refractivity contribution >= 4 is 17.7 Å². The molecule has 2 rings (SSSR count).